The van der Waals surface area contributed by atoms with E-state index in [1.807, 2.05) is 42.5 Å². The highest BCUT2D eigenvalue weighted by Crippen LogP contribution is 2.27. The van der Waals surface area contributed by atoms with Crippen molar-refractivity contribution >= 4 is 35.0 Å². The monoisotopic (exact) mass is 523 g/mol. The Hall–Kier alpha value is -3.32. The summed E-state index contributed by atoms with van der Waals surface area (Å²) >= 11 is 6.07. The third kappa shape index (κ3) is 7.83. The molecule has 3 rings (SSSR count). The van der Waals surface area contributed by atoms with Gasteiger partial charge in [0, 0.05) is 28.7 Å². The number of hydrogen-bond donors (Lipinski definition) is 2. The van der Waals surface area contributed by atoms with Gasteiger partial charge in [0.15, 0.2) is 0 Å². The topological polar surface area (TPSA) is 79.3 Å². The Bertz CT molecular complexity index is 1190. The Labute approximate surface area is 225 Å². The fourth-order valence-corrected chi connectivity index (χ4v) is 3.85. The fraction of sp³-hybridized carbons (Fsp3) is 0.414. The molecule has 0 bridgehead atoms. The first-order chi connectivity index (χ1) is 17.5. The lowest BCUT2D eigenvalue weighted by Crippen LogP contribution is -2.41. The lowest BCUT2D eigenvalue weighted by atomic mass is 9.92. The Morgan fingerprint density at radius 2 is 1.68 bits per heavy atom. The second kappa shape index (κ2) is 12.3. The standard InChI is InChI=1S/C29H38ClN5O2/c1-7-8-17-34(28(37)31-23-13-9-21(10-14-23)20(2)3)19-27(36)32-26-18-25(29(4,5)6)33-35(26)24-15-11-22(30)12-16-24/h9-16,18,20H,7-8,17,19H2,1-6H3,(H,31,37)(H,32,36). The number of nitrogens with zero attached hydrogens (tertiary/aromatic N) is 3. The van der Waals surface area contributed by atoms with Crippen LogP contribution >= 0.6 is 11.6 Å². The zero-order chi connectivity index (χ0) is 27.2. The smallest absolute Gasteiger partial charge is 0.315 e. The van der Waals surface area contributed by atoms with Crippen molar-refractivity contribution < 1.29 is 9.59 Å². The van der Waals surface area contributed by atoms with Crippen LogP contribution in [0.1, 0.15) is 71.6 Å². The molecule has 1 heterocycles. The van der Waals surface area contributed by atoms with E-state index in [4.69, 9.17) is 16.7 Å². The molecule has 2 aromatic carbocycles. The molecule has 0 fully saturated rings. The third-order valence-electron chi connectivity index (χ3n) is 6.05. The van der Waals surface area contributed by atoms with E-state index >= 15 is 0 Å². The molecule has 0 saturated heterocycles. The van der Waals surface area contributed by atoms with Gasteiger partial charge in [0.2, 0.25) is 5.91 Å². The Kier molecular flexibility index (Phi) is 9.38. The first-order valence-corrected chi connectivity index (χ1v) is 13.2. The van der Waals surface area contributed by atoms with Crippen molar-refractivity contribution in [2.24, 2.45) is 0 Å². The van der Waals surface area contributed by atoms with Crippen LogP contribution in [-0.4, -0.2) is 39.7 Å². The lowest BCUT2D eigenvalue weighted by Gasteiger charge is -2.23. The van der Waals surface area contributed by atoms with E-state index < -0.39 is 0 Å². The van der Waals surface area contributed by atoms with Gasteiger partial charge in [-0.3, -0.25) is 4.79 Å². The first-order valence-electron chi connectivity index (χ1n) is 12.8. The molecule has 0 spiro atoms. The summed E-state index contributed by atoms with van der Waals surface area (Å²) in [5.41, 5.74) is 3.30. The molecule has 37 heavy (non-hydrogen) atoms. The van der Waals surface area contributed by atoms with E-state index in [0.717, 1.165) is 24.2 Å². The van der Waals surface area contributed by atoms with Crippen molar-refractivity contribution in [1.82, 2.24) is 14.7 Å². The zero-order valence-electron chi connectivity index (χ0n) is 22.6. The Morgan fingerprint density at radius 1 is 1.03 bits per heavy atom. The number of carbonyl (C=O) groups is 2. The highest BCUT2D eigenvalue weighted by atomic mass is 35.5. The number of rotatable bonds is 9. The van der Waals surface area contributed by atoms with Crippen LogP contribution in [0.5, 0.6) is 0 Å². The van der Waals surface area contributed by atoms with Gasteiger partial charge in [-0.15, -0.1) is 0 Å². The highest BCUT2D eigenvalue weighted by molar-refractivity contribution is 6.30. The predicted octanol–water partition coefficient (Wildman–Crippen LogP) is 7.22. The number of aromatic nitrogens is 2. The van der Waals surface area contributed by atoms with Crippen LogP contribution in [0, 0.1) is 0 Å². The van der Waals surface area contributed by atoms with Crippen LogP contribution in [0.4, 0.5) is 16.3 Å². The molecule has 0 saturated carbocycles. The number of carbonyl (C=O) groups excluding carboxylic acids is 2. The predicted molar refractivity (Wildman–Crippen MR) is 152 cm³/mol. The average molecular weight is 524 g/mol. The van der Waals surface area contributed by atoms with Crippen molar-refractivity contribution in [2.45, 2.75) is 65.7 Å². The molecular formula is C29H38ClN5O2. The zero-order valence-corrected chi connectivity index (χ0v) is 23.4. The van der Waals surface area contributed by atoms with Gasteiger partial charge in [0.1, 0.15) is 12.4 Å². The average Bonchev–Trinajstić information content (AvgIpc) is 3.26. The summed E-state index contributed by atoms with van der Waals surface area (Å²) in [6, 6.07) is 16.6. The number of amides is 3. The molecule has 3 amide bonds. The van der Waals surface area contributed by atoms with Gasteiger partial charge in [-0.25, -0.2) is 9.48 Å². The minimum Gasteiger partial charge on any atom is -0.315 e. The normalized spacial score (nSPS) is 11.5. The number of halogens is 1. The first kappa shape index (κ1) is 28.3. The summed E-state index contributed by atoms with van der Waals surface area (Å²) < 4.78 is 1.70. The van der Waals surface area contributed by atoms with E-state index in [1.54, 1.807) is 21.7 Å². The van der Waals surface area contributed by atoms with Gasteiger partial charge in [0.25, 0.3) is 0 Å². The number of anilines is 2. The highest BCUT2D eigenvalue weighted by Gasteiger charge is 2.23. The van der Waals surface area contributed by atoms with Crippen molar-refractivity contribution in [3.8, 4) is 5.69 Å². The minimum atomic E-state index is -0.303. The largest absolute Gasteiger partial charge is 0.322 e. The Morgan fingerprint density at radius 3 is 2.24 bits per heavy atom. The summed E-state index contributed by atoms with van der Waals surface area (Å²) in [6.07, 6.45) is 1.70. The molecular weight excluding hydrogens is 486 g/mol. The maximum atomic E-state index is 13.2. The van der Waals surface area contributed by atoms with E-state index in [9.17, 15) is 9.59 Å². The molecule has 8 heteroatoms. The molecule has 2 N–H and O–H groups in total. The van der Waals surface area contributed by atoms with Crippen molar-refractivity contribution in [2.75, 3.05) is 23.7 Å². The van der Waals surface area contributed by atoms with Crippen molar-refractivity contribution in [1.29, 1.82) is 0 Å². The third-order valence-corrected chi connectivity index (χ3v) is 6.30. The van der Waals surface area contributed by atoms with Crippen LogP contribution in [0.3, 0.4) is 0 Å². The van der Waals surface area contributed by atoms with E-state index in [-0.39, 0.29) is 23.9 Å². The van der Waals surface area contributed by atoms with Gasteiger partial charge in [-0.2, -0.15) is 5.10 Å². The van der Waals surface area contributed by atoms with E-state index in [2.05, 4.69) is 52.2 Å². The van der Waals surface area contributed by atoms with Gasteiger partial charge in [-0.1, -0.05) is 71.7 Å². The van der Waals surface area contributed by atoms with Crippen LogP contribution < -0.4 is 10.6 Å². The quantitative estimate of drug-likeness (QED) is 0.310. The summed E-state index contributed by atoms with van der Waals surface area (Å²) in [7, 11) is 0. The number of hydrogen-bond acceptors (Lipinski definition) is 3. The summed E-state index contributed by atoms with van der Waals surface area (Å²) in [5, 5.41) is 11.3. The molecule has 198 valence electrons. The summed E-state index contributed by atoms with van der Waals surface area (Å²) in [5.74, 6) is 0.656. The van der Waals surface area contributed by atoms with Crippen molar-refractivity contribution in [3.05, 3.63) is 70.9 Å². The Balaban J connectivity index is 1.77. The number of unbranched alkanes of at least 4 members (excludes halogenated alkanes) is 1. The SMILES string of the molecule is CCCCN(CC(=O)Nc1cc(C(C)(C)C)nn1-c1ccc(Cl)cc1)C(=O)Nc1ccc(C(C)C)cc1. The molecule has 0 aliphatic rings. The number of nitrogens with one attached hydrogen (secondary N) is 2. The van der Waals surface area contributed by atoms with E-state index in [1.165, 1.54) is 5.56 Å². The maximum Gasteiger partial charge on any atom is 0.322 e. The molecule has 0 aliphatic heterocycles. The molecule has 7 nitrogen and oxygen atoms in total. The second-order valence-corrected chi connectivity index (χ2v) is 11.0. The molecule has 0 aliphatic carbocycles. The lowest BCUT2D eigenvalue weighted by molar-refractivity contribution is -0.116. The molecule has 3 aromatic rings. The van der Waals surface area contributed by atoms with Crippen LogP contribution in [0.2, 0.25) is 5.02 Å². The van der Waals surface area contributed by atoms with Gasteiger partial charge in [0.05, 0.1) is 11.4 Å². The fourth-order valence-electron chi connectivity index (χ4n) is 3.73. The van der Waals surface area contributed by atoms with Gasteiger partial charge in [-0.05, 0) is 54.3 Å². The summed E-state index contributed by atoms with van der Waals surface area (Å²) in [4.78, 5) is 27.8. The summed E-state index contributed by atoms with van der Waals surface area (Å²) in [6.45, 7) is 12.9. The number of urea groups is 1. The van der Waals surface area contributed by atoms with Gasteiger partial charge >= 0.3 is 6.03 Å². The minimum absolute atomic E-state index is 0.0768. The molecule has 0 radical (unpaired) electrons. The van der Waals surface area contributed by atoms with Crippen LogP contribution in [0.15, 0.2) is 54.6 Å². The van der Waals surface area contributed by atoms with E-state index in [0.29, 0.717) is 29.0 Å². The maximum absolute atomic E-state index is 13.2. The molecule has 0 atom stereocenters. The molecule has 0 unspecified atom stereocenters. The van der Waals surface area contributed by atoms with Gasteiger partial charge < -0.3 is 15.5 Å². The van der Waals surface area contributed by atoms with Crippen LogP contribution in [-0.2, 0) is 10.2 Å². The van der Waals surface area contributed by atoms with Crippen molar-refractivity contribution in [3.63, 3.8) is 0 Å². The number of benzene rings is 2. The molecule has 1 aromatic heterocycles. The second-order valence-electron chi connectivity index (χ2n) is 10.6. The van der Waals surface area contributed by atoms with Crippen LogP contribution in [0.25, 0.3) is 5.69 Å².